The third-order valence-electron chi connectivity index (χ3n) is 5.78. The maximum atomic E-state index is 10.8. The molecule has 0 saturated carbocycles. The third-order valence-corrected chi connectivity index (χ3v) is 7.36. The van der Waals surface area contributed by atoms with Gasteiger partial charge in [0, 0.05) is 37.4 Å². The molecule has 3 aromatic rings. The lowest BCUT2D eigenvalue weighted by Crippen LogP contribution is -2.38. The number of anilines is 2. The molecule has 33 heavy (non-hydrogen) atoms. The Balaban J connectivity index is 1.33. The van der Waals surface area contributed by atoms with Gasteiger partial charge in [-0.1, -0.05) is 17.7 Å². The highest BCUT2D eigenvalue weighted by Gasteiger charge is 2.25. The number of fused-ring (bicyclic) bond motifs is 2. The maximum Gasteiger partial charge on any atom is 0.506 e. The van der Waals surface area contributed by atoms with Crippen LogP contribution in [-0.2, 0) is 11.2 Å². The predicted molar refractivity (Wildman–Crippen MR) is 126 cm³/mol. The Bertz CT molecular complexity index is 1200. The van der Waals surface area contributed by atoms with E-state index < -0.39 is 6.16 Å². The van der Waals surface area contributed by atoms with Gasteiger partial charge in [-0.3, -0.25) is 0 Å². The van der Waals surface area contributed by atoms with Crippen LogP contribution in [0.15, 0.2) is 18.2 Å². The Hall–Kier alpha value is -2.98. The number of hydrogen-bond donors (Lipinski definition) is 2. The van der Waals surface area contributed by atoms with Gasteiger partial charge in [0.15, 0.2) is 11.5 Å². The number of aryl methyl sites for hydroxylation is 1. The molecule has 2 aliphatic heterocycles. The highest BCUT2D eigenvalue weighted by Crippen LogP contribution is 2.39. The zero-order valence-corrected chi connectivity index (χ0v) is 19.5. The summed E-state index contributed by atoms with van der Waals surface area (Å²) in [7, 11) is 0. The molecule has 1 fully saturated rings. The van der Waals surface area contributed by atoms with E-state index >= 15 is 0 Å². The molecule has 4 heterocycles. The summed E-state index contributed by atoms with van der Waals surface area (Å²) in [6.45, 7) is 4.13. The molecule has 2 N–H and O–H groups in total. The smallest absolute Gasteiger partial charge is 0.454 e. The molecule has 0 radical (unpaired) electrons. The van der Waals surface area contributed by atoms with Crippen LogP contribution in [0.2, 0.25) is 5.02 Å². The summed E-state index contributed by atoms with van der Waals surface area (Å²) in [4.78, 5) is 24.2. The van der Waals surface area contributed by atoms with Gasteiger partial charge in [-0.15, -0.1) is 11.3 Å². The quantitative estimate of drug-likeness (QED) is 0.475. The van der Waals surface area contributed by atoms with Crippen LogP contribution < -0.4 is 19.7 Å². The second-order valence-electron chi connectivity index (χ2n) is 7.96. The summed E-state index contributed by atoms with van der Waals surface area (Å²) < 4.78 is 15.8. The number of rotatable bonds is 6. The Morgan fingerprint density at radius 3 is 2.88 bits per heavy atom. The molecular weight excluding hydrogens is 468 g/mol. The topological polar surface area (TPSA) is 106 Å². The minimum atomic E-state index is -1.23. The molecule has 5 rings (SSSR count). The van der Waals surface area contributed by atoms with E-state index in [0.29, 0.717) is 49.3 Å². The van der Waals surface area contributed by atoms with Gasteiger partial charge in [0.05, 0.1) is 10.4 Å². The van der Waals surface area contributed by atoms with Gasteiger partial charge in [-0.2, -0.15) is 4.98 Å². The standard InChI is InChI=1S/C22H23ClN4O5S/c1-12-18(23)17-19(24-7-4-13-2-3-15-16(10-13)31-11-30-15)25-21(26-20(17)33-12)27-8-5-14(6-9-27)32-22(28)29/h2-3,10,14H,4-9,11H2,1H3,(H,28,29)(H,24,25,26). The fourth-order valence-corrected chi connectivity index (χ4v) is 5.33. The Labute approximate surface area is 199 Å². The van der Waals surface area contributed by atoms with Crippen LogP contribution >= 0.6 is 22.9 Å². The number of thiophene rings is 1. The van der Waals surface area contributed by atoms with Crippen molar-refractivity contribution >= 4 is 51.1 Å². The van der Waals surface area contributed by atoms with Crippen LogP contribution in [-0.4, -0.2) is 53.8 Å². The summed E-state index contributed by atoms with van der Waals surface area (Å²) in [6, 6.07) is 5.95. The van der Waals surface area contributed by atoms with Crippen molar-refractivity contribution < 1.29 is 24.1 Å². The lowest BCUT2D eigenvalue weighted by molar-refractivity contribution is 0.0415. The molecule has 2 aliphatic rings. The van der Waals surface area contributed by atoms with Crippen LogP contribution in [0.1, 0.15) is 23.3 Å². The van der Waals surface area contributed by atoms with Gasteiger partial charge in [-0.05, 0) is 31.0 Å². The molecule has 0 bridgehead atoms. The van der Waals surface area contributed by atoms with Gasteiger partial charge in [0.25, 0.3) is 0 Å². The van der Waals surface area contributed by atoms with Crippen molar-refractivity contribution in [3.8, 4) is 11.5 Å². The number of nitrogens with one attached hydrogen (secondary N) is 1. The number of carbonyl (C=O) groups is 1. The summed E-state index contributed by atoms with van der Waals surface area (Å²) in [5, 5.41) is 13.8. The van der Waals surface area contributed by atoms with Gasteiger partial charge in [-0.25, -0.2) is 9.78 Å². The van der Waals surface area contributed by atoms with Gasteiger partial charge in [0.2, 0.25) is 12.7 Å². The van der Waals surface area contributed by atoms with Crippen LogP contribution in [0.5, 0.6) is 11.5 Å². The van der Waals surface area contributed by atoms with E-state index in [4.69, 9.17) is 40.9 Å². The molecule has 1 aromatic carbocycles. The highest BCUT2D eigenvalue weighted by molar-refractivity contribution is 7.19. The minimum absolute atomic E-state index is 0.258. The van der Waals surface area contributed by atoms with E-state index in [1.165, 1.54) is 0 Å². The summed E-state index contributed by atoms with van der Waals surface area (Å²) in [6.07, 6.45) is 0.454. The summed E-state index contributed by atoms with van der Waals surface area (Å²) in [5.74, 6) is 2.85. The van der Waals surface area contributed by atoms with Gasteiger partial charge < -0.3 is 29.5 Å². The van der Waals surface area contributed by atoms with Crippen molar-refractivity contribution in [3.63, 3.8) is 0 Å². The van der Waals surface area contributed by atoms with Crippen molar-refractivity contribution in [2.75, 3.05) is 36.6 Å². The van der Waals surface area contributed by atoms with Crippen molar-refractivity contribution in [2.24, 2.45) is 0 Å². The molecule has 2 aromatic heterocycles. The van der Waals surface area contributed by atoms with E-state index in [0.717, 1.165) is 38.6 Å². The average Bonchev–Trinajstić information content (AvgIpc) is 3.37. The van der Waals surface area contributed by atoms with E-state index in [1.807, 2.05) is 25.1 Å². The Morgan fingerprint density at radius 1 is 1.30 bits per heavy atom. The summed E-state index contributed by atoms with van der Waals surface area (Å²) >= 11 is 8.13. The number of benzene rings is 1. The average molecular weight is 491 g/mol. The lowest BCUT2D eigenvalue weighted by Gasteiger charge is -2.31. The molecular formula is C22H23ClN4O5S. The lowest BCUT2D eigenvalue weighted by atomic mass is 10.1. The number of hydrogen-bond acceptors (Lipinski definition) is 9. The Morgan fingerprint density at radius 2 is 2.09 bits per heavy atom. The van der Waals surface area contributed by atoms with Crippen LogP contribution in [0.4, 0.5) is 16.6 Å². The van der Waals surface area contributed by atoms with Crippen molar-refractivity contribution in [1.82, 2.24) is 9.97 Å². The Kier molecular flexibility index (Phi) is 6.03. The minimum Gasteiger partial charge on any atom is -0.454 e. The molecule has 1 saturated heterocycles. The molecule has 0 spiro atoms. The van der Waals surface area contributed by atoms with E-state index in [1.54, 1.807) is 11.3 Å². The summed E-state index contributed by atoms with van der Waals surface area (Å²) in [5.41, 5.74) is 1.13. The molecule has 11 heteroatoms. The maximum absolute atomic E-state index is 10.8. The number of nitrogens with zero attached hydrogens (tertiary/aromatic N) is 3. The predicted octanol–water partition coefficient (Wildman–Crippen LogP) is 4.70. The van der Waals surface area contributed by atoms with E-state index in [2.05, 4.69) is 10.2 Å². The zero-order valence-electron chi connectivity index (χ0n) is 18.0. The SMILES string of the molecule is Cc1sc2nc(N3CCC(OC(=O)O)CC3)nc(NCCc3ccc4c(c3)OCO4)c2c1Cl. The first-order valence-corrected chi connectivity index (χ1v) is 11.9. The zero-order chi connectivity index (χ0) is 22.9. The first kappa shape index (κ1) is 21.8. The molecule has 0 amide bonds. The number of aromatic nitrogens is 2. The highest BCUT2D eigenvalue weighted by atomic mass is 35.5. The molecule has 174 valence electrons. The van der Waals surface area contributed by atoms with Crippen molar-refractivity contribution in [3.05, 3.63) is 33.7 Å². The molecule has 9 nitrogen and oxygen atoms in total. The van der Waals surface area contributed by atoms with Gasteiger partial charge >= 0.3 is 6.16 Å². The largest absolute Gasteiger partial charge is 0.506 e. The molecule has 0 atom stereocenters. The number of halogens is 1. The van der Waals surface area contributed by atoms with Crippen LogP contribution in [0.3, 0.4) is 0 Å². The third kappa shape index (κ3) is 4.58. The second-order valence-corrected chi connectivity index (χ2v) is 9.54. The second kappa shape index (κ2) is 9.11. The van der Waals surface area contributed by atoms with Crippen LogP contribution in [0, 0.1) is 6.92 Å². The fraction of sp³-hybridized carbons (Fsp3) is 0.409. The number of carboxylic acid groups (broad SMARTS) is 1. The number of piperidine rings is 1. The van der Waals surface area contributed by atoms with Gasteiger partial charge in [0.1, 0.15) is 16.8 Å². The molecule has 0 aliphatic carbocycles. The van der Waals surface area contributed by atoms with Crippen molar-refractivity contribution in [1.29, 1.82) is 0 Å². The van der Waals surface area contributed by atoms with Crippen LogP contribution in [0.25, 0.3) is 10.2 Å². The van der Waals surface area contributed by atoms with E-state index in [9.17, 15) is 4.79 Å². The first-order chi connectivity index (χ1) is 16.0. The molecule has 0 unspecified atom stereocenters. The van der Waals surface area contributed by atoms with E-state index in [-0.39, 0.29) is 12.9 Å². The number of ether oxygens (including phenoxy) is 3. The fourth-order valence-electron chi connectivity index (χ4n) is 4.07. The monoisotopic (exact) mass is 490 g/mol. The normalized spacial score (nSPS) is 15.8. The van der Waals surface area contributed by atoms with Crippen molar-refractivity contribution in [2.45, 2.75) is 32.3 Å². The first-order valence-electron chi connectivity index (χ1n) is 10.7.